The molecule has 0 unspecified atom stereocenters. The van der Waals surface area contributed by atoms with Crippen LogP contribution in [0.25, 0.3) is 0 Å². The molecule has 1 N–H and O–H groups in total. The Labute approximate surface area is 102 Å². The molecule has 0 aromatic carbocycles. The Morgan fingerprint density at radius 2 is 2.06 bits per heavy atom. The van der Waals surface area contributed by atoms with Crippen molar-refractivity contribution in [1.82, 2.24) is 9.78 Å². The average molecular weight is 236 g/mol. The molecule has 0 aliphatic heterocycles. The van der Waals surface area contributed by atoms with Gasteiger partial charge in [-0.3, -0.25) is 9.48 Å². The van der Waals surface area contributed by atoms with Crippen molar-refractivity contribution in [3.8, 4) is 0 Å². The van der Waals surface area contributed by atoms with E-state index in [1.165, 1.54) is 0 Å². The van der Waals surface area contributed by atoms with Gasteiger partial charge in [-0.2, -0.15) is 5.10 Å². The van der Waals surface area contributed by atoms with E-state index >= 15 is 0 Å². The van der Waals surface area contributed by atoms with Crippen molar-refractivity contribution >= 4 is 5.78 Å². The highest BCUT2D eigenvalue weighted by Crippen LogP contribution is 2.28. The summed E-state index contributed by atoms with van der Waals surface area (Å²) in [5, 5.41) is 14.5. The lowest BCUT2D eigenvalue weighted by Crippen LogP contribution is -2.39. The Morgan fingerprint density at radius 1 is 1.41 bits per heavy atom. The van der Waals surface area contributed by atoms with Gasteiger partial charge in [0.15, 0.2) is 5.78 Å². The minimum Gasteiger partial charge on any atom is -0.382 e. The van der Waals surface area contributed by atoms with Crippen molar-refractivity contribution < 1.29 is 9.90 Å². The van der Waals surface area contributed by atoms with Gasteiger partial charge in [0.1, 0.15) is 5.60 Å². The lowest BCUT2D eigenvalue weighted by Gasteiger charge is -2.24. The van der Waals surface area contributed by atoms with Crippen molar-refractivity contribution in [1.29, 1.82) is 0 Å². The van der Waals surface area contributed by atoms with Gasteiger partial charge in [0.25, 0.3) is 0 Å². The van der Waals surface area contributed by atoms with Crippen molar-refractivity contribution in [2.24, 2.45) is 7.05 Å². The summed E-state index contributed by atoms with van der Waals surface area (Å²) in [6, 6.07) is 0. The molecule has 1 fully saturated rings. The summed E-state index contributed by atoms with van der Waals surface area (Å²) in [5.74, 6) is -0.0487. The summed E-state index contributed by atoms with van der Waals surface area (Å²) in [5.41, 5.74) is -0.207. The maximum atomic E-state index is 12.2. The van der Waals surface area contributed by atoms with Gasteiger partial charge in [-0.1, -0.05) is 25.7 Å². The van der Waals surface area contributed by atoms with Gasteiger partial charge in [-0.25, -0.2) is 0 Å². The van der Waals surface area contributed by atoms with Crippen LogP contribution in [0.1, 0.15) is 44.1 Å². The predicted octanol–water partition coefficient (Wildman–Crippen LogP) is 1.62. The fraction of sp³-hybridized carbons (Fsp3) is 0.692. The Hall–Kier alpha value is -1.16. The number of hydrogen-bond acceptors (Lipinski definition) is 3. The molecule has 94 valence electrons. The van der Waals surface area contributed by atoms with E-state index in [0.29, 0.717) is 19.3 Å². The van der Waals surface area contributed by atoms with Crippen molar-refractivity contribution in [2.45, 2.75) is 50.5 Å². The summed E-state index contributed by atoms with van der Waals surface area (Å²) >= 11 is 0. The molecule has 0 amide bonds. The lowest BCUT2D eigenvalue weighted by atomic mass is 9.87. The van der Waals surface area contributed by atoms with Gasteiger partial charge in [0.2, 0.25) is 0 Å². The second kappa shape index (κ2) is 5.00. The largest absolute Gasteiger partial charge is 0.382 e. The highest BCUT2D eigenvalue weighted by Gasteiger charge is 2.35. The summed E-state index contributed by atoms with van der Waals surface area (Å²) in [6.07, 6.45) is 9.22. The van der Waals surface area contributed by atoms with Crippen molar-refractivity contribution in [3.63, 3.8) is 0 Å². The van der Waals surface area contributed by atoms with Crippen LogP contribution in [0.4, 0.5) is 0 Å². The Bertz CT molecular complexity index is 390. The number of aliphatic hydroxyl groups is 1. The van der Waals surface area contributed by atoms with Crippen LogP contribution < -0.4 is 0 Å². The minimum absolute atomic E-state index is 0.0487. The molecule has 1 aliphatic rings. The normalized spacial score (nSPS) is 19.9. The predicted molar refractivity (Wildman–Crippen MR) is 64.6 cm³/mol. The summed E-state index contributed by atoms with van der Waals surface area (Å²) in [4.78, 5) is 12.2. The molecule has 0 radical (unpaired) electrons. The number of aryl methyl sites for hydroxylation is 1. The van der Waals surface area contributed by atoms with Gasteiger partial charge in [-0.05, 0) is 18.4 Å². The number of hydrogen-bond donors (Lipinski definition) is 1. The van der Waals surface area contributed by atoms with Gasteiger partial charge in [0.05, 0.1) is 6.20 Å². The number of carbonyl (C=O) groups is 1. The van der Waals surface area contributed by atoms with E-state index in [-0.39, 0.29) is 5.78 Å². The van der Waals surface area contributed by atoms with E-state index in [9.17, 15) is 9.90 Å². The highest BCUT2D eigenvalue weighted by molar-refractivity contribution is 5.88. The Balaban J connectivity index is 2.02. The maximum Gasteiger partial charge on any atom is 0.168 e. The first kappa shape index (κ1) is 12.3. The lowest BCUT2D eigenvalue weighted by molar-refractivity contribution is -0.138. The molecule has 0 saturated heterocycles. The molecule has 0 spiro atoms. The zero-order chi connectivity index (χ0) is 12.3. The third-order valence-electron chi connectivity index (χ3n) is 3.57. The van der Waals surface area contributed by atoms with Crippen LogP contribution in [-0.4, -0.2) is 26.3 Å². The van der Waals surface area contributed by atoms with Crippen LogP contribution in [0.5, 0.6) is 0 Å². The monoisotopic (exact) mass is 236 g/mol. The first-order chi connectivity index (χ1) is 8.10. The highest BCUT2D eigenvalue weighted by atomic mass is 16.3. The minimum atomic E-state index is -1.09. The van der Waals surface area contributed by atoms with Gasteiger partial charge >= 0.3 is 0 Å². The molecule has 4 heteroatoms. The smallest absolute Gasteiger partial charge is 0.168 e. The molecule has 1 saturated carbocycles. The quantitative estimate of drug-likeness (QED) is 0.811. The molecular formula is C13H20N2O2. The number of Topliss-reactive ketones (excluding diaryl/α,β-unsaturated/α-hetero) is 1. The van der Waals surface area contributed by atoms with Crippen molar-refractivity contribution in [2.75, 3.05) is 0 Å². The van der Waals surface area contributed by atoms with Crippen LogP contribution in [0, 0.1) is 0 Å². The molecule has 1 heterocycles. The zero-order valence-corrected chi connectivity index (χ0v) is 10.4. The molecule has 4 nitrogen and oxygen atoms in total. The summed E-state index contributed by atoms with van der Waals surface area (Å²) < 4.78 is 1.68. The fourth-order valence-electron chi connectivity index (χ4n) is 2.51. The summed E-state index contributed by atoms with van der Waals surface area (Å²) in [6.45, 7) is 0. The molecular weight excluding hydrogens is 216 g/mol. The maximum absolute atomic E-state index is 12.2. The second-order valence-electron chi connectivity index (χ2n) is 5.07. The van der Waals surface area contributed by atoms with E-state index in [0.717, 1.165) is 31.2 Å². The number of aromatic nitrogens is 2. The average Bonchev–Trinajstić information content (AvgIpc) is 2.56. The van der Waals surface area contributed by atoms with Gasteiger partial charge in [0, 0.05) is 19.7 Å². The second-order valence-corrected chi connectivity index (χ2v) is 5.07. The van der Waals surface area contributed by atoms with E-state index < -0.39 is 5.60 Å². The number of carbonyl (C=O) groups excluding carboxylic acids is 1. The SMILES string of the molecule is Cn1cc(CC(=O)C2(O)CCCCCC2)cn1. The van der Waals surface area contributed by atoms with Crippen molar-refractivity contribution in [3.05, 3.63) is 18.0 Å². The molecule has 1 aromatic rings. The molecule has 1 aliphatic carbocycles. The van der Waals surface area contributed by atoms with Gasteiger partial charge < -0.3 is 5.11 Å². The number of ketones is 1. The Kier molecular flexibility index (Phi) is 3.62. The third kappa shape index (κ3) is 2.94. The fourth-order valence-corrected chi connectivity index (χ4v) is 2.51. The van der Waals surface area contributed by atoms with Crippen LogP contribution in [0.15, 0.2) is 12.4 Å². The van der Waals surface area contributed by atoms with Crippen LogP contribution >= 0.6 is 0 Å². The van der Waals surface area contributed by atoms with E-state index in [2.05, 4.69) is 5.10 Å². The number of rotatable bonds is 3. The topological polar surface area (TPSA) is 55.1 Å². The molecule has 17 heavy (non-hydrogen) atoms. The van der Waals surface area contributed by atoms with E-state index in [1.807, 2.05) is 13.2 Å². The van der Waals surface area contributed by atoms with Crippen LogP contribution in [-0.2, 0) is 18.3 Å². The summed E-state index contributed by atoms with van der Waals surface area (Å²) in [7, 11) is 1.83. The zero-order valence-electron chi connectivity index (χ0n) is 10.4. The Morgan fingerprint density at radius 3 is 2.59 bits per heavy atom. The standard InChI is InChI=1S/C13H20N2O2/c1-15-10-11(9-14-15)8-12(16)13(17)6-4-2-3-5-7-13/h9-10,17H,2-8H2,1H3. The van der Waals surface area contributed by atoms with E-state index in [1.54, 1.807) is 10.9 Å². The molecule has 1 aromatic heterocycles. The number of nitrogens with zero attached hydrogens (tertiary/aromatic N) is 2. The van der Waals surface area contributed by atoms with Crippen LogP contribution in [0.3, 0.4) is 0 Å². The first-order valence-electron chi connectivity index (χ1n) is 6.33. The third-order valence-corrected chi connectivity index (χ3v) is 3.57. The first-order valence-corrected chi connectivity index (χ1v) is 6.33. The van der Waals surface area contributed by atoms with Crippen LogP contribution in [0.2, 0.25) is 0 Å². The molecule has 0 bridgehead atoms. The van der Waals surface area contributed by atoms with Gasteiger partial charge in [-0.15, -0.1) is 0 Å². The van der Waals surface area contributed by atoms with E-state index in [4.69, 9.17) is 0 Å². The molecule has 2 rings (SSSR count). The molecule has 0 atom stereocenters.